The van der Waals surface area contributed by atoms with Gasteiger partial charge in [0.05, 0.1) is 0 Å². The molecular weight excluding hydrogens is 502 g/mol. The monoisotopic (exact) mass is 536 g/mol. The molecular formula is C27H34Cl2N2Se. The van der Waals surface area contributed by atoms with Crippen LogP contribution in [0.3, 0.4) is 0 Å². The molecule has 172 valence electrons. The Kier molecular flexibility index (Phi) is 7.88. The second-order valence-electron chi connectivity index (χ2n) is 9.72. The van der Waals surface area contributed by atoms with Gasteiger partial charge in [0.15, 0.2) is 0 Å². The van der Waals surface area contributed by atoms with Gasteiger partial charge >= 0.3 is 212 Å². The summed E-state index contributed by atoms with van der Waals surface area (Å²) in [5.41, 5.74) is 7.30. The number of halogens is 2. The number of para-hydroxylation sites is 2. The van der Waals surface area contributed by atoms with Crippen LogP contribution in [0.25, 0.3) is 11.4 Å². The summed E-state index contributed by atoms with van der Waals surface area (Å²) in [5, 5.41) is 1.06. The molecule has 3 aromatic rings. The van der Waals surface area contributed by atoms with Crippen LogP contribution in [0.5, 0.6) is 0 Å². The predicted octanol–water partition coefficient (Wildman–Crippen LogP) is 8.77. The van der Waals surface area contributed by atoms with Gasteiger partial charge in [-0.1, -0.05) is 0 Å². The van der Waals surface area contributed by atoms with Crippen molar-refractivity contribution in [1.82, 2.24) is 9.13 Å². The Hall–Kier alpha value is -1.25. The van der Waals surface area contributed by atoms with Crippen LogP contribution in [0, 0.1) is 4.32 Å². The molecule has 2 aromatic carbocycles. The minimum absolute atomic E-state index is 0.350. The zero-order chi connectivity index (χ0) is 23.9. The van der Waals surface area contributed by atoms with Gasteiger partial charge in [-0.3, -0.25) is 0 Å². The van der Waals surface area contributed by atoms with E-state index < -0.39 is 0 Å². The van der Waals surface area contributed by atoms with E-state index in [1.54, 1.807) is 0 Å². The maximum absolute atomic E-state index is 7.01. The van der Waals surface area contributed by atoms with E-state index in [9.17, 15) is 0 Å². The van der Waals surface area contributed by atoms with Gasteiger partial charge in [0.2, 0.25) is 0 Å². The fourth-order valence-electron chi connectivity index (χ4n) is 4.38. The summed E-state index contributed by atoms with van der Waals surface area (Å²) >= 11 is 17.3. The van der Waals surface area contributed by atoms with Crippen molar-refractivity contribution < 1.29 is 0 Å². The van der Waals surface area contributed by atoms with Gasteiger partial charge in [-0.05, 0) is 0 Å². The molecule has 0 saturated heterocycles. The number of hydrogen-bond donors (Lipinski definition) is 0. The molecule has 0 unspecified atom stereocenters. The van der Waals surface area contributed by atoms with Crippen LogP contribution >= 0.6 is 23.2 Å². The van der Waals surface area contributed by atoms with Crippen molar-refractivity contribution in [2.24, 2.45) is 0 Å². The molecule has 0 radical (unpaired) electrons. The summed E-state index contributed by atoms with van der Waals surface area (Å²) in [7, 11) is 0. The third kappa shape index (κ3) is 4.42. The van der Waals surface area contributed by atoms with Crippen molar-refractivity contribution in [3.8, 4) is 11.4 Å². The first-order valence-electron chi connectivity index (χ1n) is 11.4. The van der Waals surface area contributed by atoms with Crippen LogP contribution in [0.2, 0.25) is 10.3 Å². The molecule has 0 amide bonds. The summed E-state index contributed by atoms with van der Waals surface area (Å²) in [6, 6.07) is 13.1. The van der Waals surface area contributed by atoms with E-state index in [1.165, 1.54) is 22.3 Å². The molecule has 0 aliphatic rings. The first kappa shape index (κ1) is 25.4. The molecule has 0 N–H and O–H groups in total. The fourth-order valence-corrected chi connectivity index (χ4v) is 5.87. The number of hydrogen-bond acceptors (Lipinski definition) is 0. The summed E-state index contributed by atoms with van der Waals surface area (Å²) in [5.74, 6) is 1.40. The zero-order valence-electron chi connectivity index (χ0n) is 20.3. The maximum atomic E-state index is 7.01. The average molecular weight is 536 g/mol. The van der Waals surface area contributed by atoms with Gasteiger partial charge in [0, 0.05) is 0 Å². The van der Waals surface area contributed by atoms with Crippen molar-refractivity contribution >= 4 is 38.8 Å². The van der Waals surface area contributed by atoms with Crippen molar-refractivity contribution in [3.05, 3.63) is 73.3 Å². The first-order chi connectivity index (χ1) is 15.0. The molecule has 0 atom stereocenters. The molecule has 2 nitrogen and oxygen atoms in total. The fraction of sp³-hybridized carbons (Fsp3) is 0.444. The first-order valence-corrected chi connectivity index (χ1v) is 13.0. The van der Waals surface area contributed by atoms with E-state index in [0.29, 0.717) is 34.0 Å². The number of aromatic nitrogens is 2. The van der Waals surface area contributed by atoms with E-state index in [-0.39, 0.29) is 0 Å². The molecule has 0 saturated carbocycles. The van der Waals surface area contributed by atoms with Crippen LogP contribution in [-0.2, 0) is 0 Å². The van der Waals surface area contributed by atoms with Gasteiger partial charge in [-0.15, -0.1) is 0 Å². The summed E-state index contributed by atoms with van der Waals surface area (Å²) in [6.45, 7) is 17.8. The minimum atomic E-state index is 0.350. The molecule has 0 aliphatic heterocycles. The van der Waals surface area contributed by atoms with Gasteiger partial charge in [-0.2, -0.15) is 0 Å². The predicted molar refractivity (Wildman–Crippen MR) is 140 cm³/mol. The summed E-state index contributed by atoms with van der Waals surface area (Å²) in [6.07, 6.45) is 0. The van der Waals surface area contributed by atoms with Crippen LogP contribution in [-0.4, -0.2) is 24.7 Å². The Morgan fingerprint density at radius 3 is 1.03 bits per heavy atom. The van der Waals surface area contributed by atoms with E-state index in [2.05, 4.69) is 116 Å². The third-order valence-electron chi connectivity index (χ3n) is 6.08. The number of rotatable bonds is 6. The Bertz CT molecular complexity index is 1040. The van der Waals surface area contributed by atoms with Crippen LogP contribution < -0.4 is 0 Å². The standard InChI is InChI=1S/C27H34Cl2N2Se/c1-15(2)19-11-9-12-20(16(3)4)23(19)30-25(28)26(29)31(27(30)32)24-21(17(5)6)13-10-14-22(24)18(7)8/h9-18H,1-8H3. The SMILES string of the molecule is CC(C)c1cccc(C(C)C)c1-n1c(Cl)c(Cl)n(-c2c(C(C)C)cccc2C(C)C)c1=[Se]. The second-order valence-corrected chi connectivity index (χ2v) is 11.2. The van der Waals surface area contributed by atoms with Crippen molar-refractivity contribution in [1.29, 1.82) is 0 Å². The normalized spacial score (nSPS) is 12.1. The van der Waals surface area contributed by atoms with E-state index >= 15 is 0 Å². The number of imidazole rings is 1. The molecule has 1 heterocycles. The van der Waals surface area contributed by atoms with Gasteiger partial charge < -0.3 is 0 Å². The van der Waals surface area contributed by atoms with E-state index in [1.807, 2.05) is 0 Å². The van der Waals surface area contributed by atoms with Crippen LogP contribution in [0.1, 0.15) is 101 Å². The Labute approximate surface area is 210 Å². The zero-order valence-corrected chi connectivity index (χ0v) is 23.6. The van der Waals surface area contributed by atoms with Crippen LogP contribution in [0.4, 0.5) is 0 Å². The molecule has 0 bridgehead atoms. The van der Waals surface area contributed by atoms with Crippen molar-refractivity contribution in [3.63, 3.8) is 0 Å². The average Bonchev–Trinajstić information content (AvgIpc) is 2.94. The van der Waals surface area contributed by atoms with Gasteiger partial charge in [0.25, 0.3) is 0 Å². The van der Waals surface area contributed by atoms with Crippen molar-refractivity contribution in [2.45, 2.75) is 79.1 Å². The Morgan fingerprint density at radius 2 is 0.812 bits per heavy atom. The number of nitrogens with zero attached hydrogens (tertiary/aromatic N) is 2. The Morgan fingerprint density at radius 1 is 0.562 bits per heavy atom. The van der Waals surface area contributed by atoms with Crippen molar-refractivity contribution in [2.75, 3.05) is 0 Å². The third-order valence-corrected chi connectivity index (χ3v) is 7.64. The molecule has 0 spiro atoms. The molecule has 3 rings (SSSR count). The van der Waals surface area contributed by atoms with E-state index in [0.717, 1.165) is 15.7 Å². The van der Waals surface area contributed by atoms with Gasteiger partial charge in [-0.25, -0.2) is 0 Å². The summed E-state index contributed by atoms with van der Waals surface area (Å²) < 4.78 is 5.11. The quantitative estimate of drug-likeness (QED) is 0.279. The molecule has 32 heavy (non-hydrogen) atoms. The van der Waals surface area contributed by atoms with Gasteiger partial charge in [0.1, 0.15) is 0 Å². The topological polar surface area (TPSA) is 9.86 Å². The molecule has 5 heteroatoms. The molecule has 1 aromatic heterocycles. The second kappa shape index (κ2) is 9.93. The Balaban J connectivity index is 2.48. The number of benzene rings is 2. The molecule has 0 fully saturated rings. The molecule has 0 aliphatic carbocycles. The van der Waals surface area contributed by atoms with Crippen LogP contribution in [0.15, 0.2) is 36.4 Å². The van der Waals surface area contributed by atoms with E-state index in [4.69, 9.17) is 23.2 Å². The summed E-state index contributed by atoms with van der Waals surface area (Å²) in [4.78, 5) is 0.